The molecule has 0 saturated heterocycles. The summed E-state index contributed by atoms with van der Waals surface area (Å²) in [6.45, 7) is 5.76. The largest absolute Gasteiger partial charge is 0.465 e. The van der Waals surface area contributed by atoms with Crippen LogP contribution in [0, 0.1) is 0 Å². The van der Waals surface area contributed by atoms with Gasteiger partial charge in [-0.2, -0.15) is 0 Å². The average Bonchev–Trinajstić information content (AvgIpc) is 2.68. The number of methoxy groups -OCH3 is 2. The Morgan fingerprint density at radius 2 is 1.33 bits per heavy atom. The van der Waals surface area contributed by atoms with Crippen LogP contribution in [0.4, 0.5) is 5.69 Å². The van der Waals surface area contributed by atoms with E-state index in [0.29, 0.717) is 5.69 Å². The van der Waals surface area contributed by atoms with Crippen LogP contribution in [0.2, 0.25) is 0 Å². The fourth-order valence-corrected chi connectivity index (χ4v) is 4.52. The molecular weight excluding hydrogens is 373 g/mol. The van der Waals surface area contributed by atoms with Crippen molar-refractivity contribution in [1.82, 2.24) is 0 Å². The minimum Gasteiger partial charge on any atom is -0.465 e. The second-order valence-corrected chi connectivity index (χ2v) is 7.10. The van der Waals surface area contributed by atoms with E-state index in [2.05, 4.69) is 4.99 Å². The molecule has 1 rings (SSSR count). The van der Waals surface area contributed by atoms with Gasteiger partial charge in [-0.25, -0.2) is 14.6 Å². The molecule has 0 aromatic heterocycles. The van der Waals surface area contributed by atoms with Gasteiger partial charge in [0.05, 0.1) is 39.7 Å². The predicted octanol–water partition coefficient (Wildman–Crippen LogP) is 3.15. The van der Waals surface area contributed by atoms with Crippen molar-refractivity contribution in [2.75, 3.05) is 34.0 Å². The molecule has 0 unspecified atom stereocenters. The lowest BCUT2D eigenvalue weighted by Crippen LogP contribution is -2.35. The summed E-state index contributed by atoms with van der Waals surface area (Å²) in [6.07, 6.45) is 0. The van der Waals surface area contributed by atoms with Crippen molar-refractivity contribution in [3.8, 4) is 0 Å². The highest BCUT2D eigenvalue weighted by Crippen LogP contribution is 2.53. The molecule has 0 aliphatic carbocycles. The number of carbonyl (C=O) groups is 2. The van der Waals surface area contributed by atoms with Crippen molar-refractivity contribution in [3.63, 3.8) is 0 Å². The Kier molecular flexibility index (Phi) is 9.96. The van der Waals surface area contributed by atoms with Crippen LogP contribution in [0.3, 0.4) is 0 Å². The molecule has 0 spiro atoms. The number of esters is 2. The number of benzene rings is 1. The monoisotopic (exact) mass is 399 g/mol. The van der Waals surface area contributed by atoms with E-state index >= 15 is 0 Å². The summed E-state index contributed by atoms with van der Waals surface area (Å²) >= 11 is 0. The standard InChI is InChI=1S/C18H26NO7P/c1-6-24-27(25-7-2,26-8-3)16(18(21)23-5)15(17(20)22-4)19-14-12-10-9-11-13-14/h9-13H,6-8H2,1-5H3. The molecule has 0 amide bonds. The van der Waals surface area contributed by atoms with E-state index in [1.54, 1.807) is 51.1 Å². The topological polar surface area (TPSA) is 92.7 Å². The number of hydrogen-bond acceptors (Lipinski definition) is 8. The van der Waals surface area contributed by atoms with Crippen molar-refractivity contribution in [2.45, 2.75) is 20.8 Å². The van der Waals surface area contributed by atoms with Crippen LogP contribution < -0.4 is 0 Å². The van der Waals surface area contributed by atoms with Crippen LogP contribution in [0.25, 0.3) is 0 Å². The van der Waals surface area contributed by atoms with Gasteiger partial charge in [0.15, 0.2) is 11.0 Å². The zero-order valence-corrected chi connectivity index (χ0v) is 17.2. The van der Waals surface area contributed by atoms with Crippen molar-refractivity contribution in [1.29, 1.82) is 0 Å². The molecule has 0 heterocycles. The molecule has 27 heavy (non-hydrogen) atoms. The summed E-state index contributed by atoms with van der Waals surface area (Å²) in [7, 11) is -1.04. The molecule has 0 aliphatic rings. The highest BCUT2D eigenvalue weighted by molar-refractivity contribution is 7.67. The van der Waals surface area contributed by atoms with E-state index < -0.39 is 19.5 Å². The van der Waals surface area contributed by atoms with Gasteiger partial charge in [0.25, 0.3) is 7.57 Å². The Morgan fingerprint density at radius 3 is 1.74 bits per heavy atom. The molecule has 9 heteroatoms. The zero-order chi connectivity index (χ0) is 20.3. The lowest BCUT2D eigenvalue weighted by Gasteiger charge is -2.27. The van der Waals surface area contributed by atoms with Crippen LogP contribution in [-0.4, -0.2) is 57.0 Å². The van der Waals surface area contributed by atoms with Crippen molar-refractivity contribution >= 4 is 36.2 Å². The number of carbonyl (C=O) groups excluding carboxylic acids is 2. The highest BCUT2D eigenvalue weighted by atomic mass is 31.2. The molecule has 0 aliphatic heterocycles. The first-order valence-electron chi connectivity index (χ1n) is 8.50. The zero-order valence-electron chi connectivity index (χ0n) is 16.3. The molecule has 0 radical (unpaired) electrons. The maximum absolute atomic E-state index is 12.7. The van der Waals surface area contributed by atoms with E-state index in [-0.39, 0.29) is 30.8 Å². The normalized spacial score (nSPS) is 11.8. The van der Waals surface area contributed by atoms with Crippen LogP contribution in [0.5, 0.6) is 0 Å². The summed E-state index contributed by atoms with van der Waals surface area (Å²) < 4.78 is 27.0. The van der Waals surface area contributed by atoms with Gasteiger partial charge >= 0.3 is 11.9 Å². The van der Waals surface area contributed by atoms with Crippen LogP contribution in [0.1, 0.15) is 20.8 Å². The Morgan fingerprint density at radius 1 is 0.852 bits per heavy atom. The molecule has 0 saturated carbocycles. The van der Waals surface area contributed by atoms with Crippen molar-refractivity contribution in [2.24, 2.45) is 4.99 Å². The maximum Gasteiger partial charge on any atom is 0.357 e. The minimum absolute atomic E-state index is 0.189. The van der Waals surface area contributed by atoms with E-state index in [4.69, 9.17) is 23.0 Å². The number of para-hydroxylation sites is 1. The van der Waals surface area contributed by atoms with Crippen LogP contribution in [0.15, 0.2) is 35.3 Å². The smallest absolute Gasteiger partial charge is 0.357 e. The molecule has 1 aromatic rings. The molecular formula is C18H26NO7P. The van der Waals surface area contributed by atoms with Gasteiger partial charge in [-0.15, -0.1) is 0 Å². The summed E-state index contributed by atoms with van der Waals surface area (Å²) in [4.78, 5) is 29.5. The number of ether oxygens (including phenoxy) is 2. The first kappa shape index (κ1) is 23.0. The van der Waals surface area contributed by atoms with Gasteiger partial charge in [0.2, 0.25) is 0 Å². The molecule has 1 aromatic carbocycles. The Labute approximate surface area is 159 Å². The van der Waals surface area contributed by atoms with E-state index in [1.807, 2.05) is 0 Å². The van der Waals surface area contributed by atoms with Gasteiger partial charge in [-0.3, -0.25) is 0 Å². The number of aliphatic imine (C=N–C) groups is 1. The fraction of sp³-hybridized carbons (Fsp3) is 0.444. The predicted molar refractivity (Wildman–Crippen MR) is 104 cm³/mol. The molecule has 0 atom stereocenters. The lowest BCUT2D eigenvalue weighted by atomic mass is 10.2. The molecule has 0 N–H and O–H groups in total. The third-order valence-electron chi connectivity index (χ3n) is 3.15. The van der Waals surface area contributed by atoms with Gasteiger partial charge in [-0.05, 0) is 32.9 Å². The van der Waals surface area contributed by atoms with Crippen LogP contribution in [-0.2, 0) is 32.6 Å². The second kappa shape index (κ2) is 11.7. The second-order valence-electron chi connectivity index (χ2n) is 4.88. The Bertz CT molecular complexity index is 692. The fourth-order valence-electron chi connectivity index (χ4n) is 2.17. The van der Waals surface area contributed by atoms with Crippen molar-refractivity contribution in [3.05, 3.63) is 30.3 Å². The summed E-state index contributed by atoms with van der Waals surface area (Å²) in [5.41, 5.74) is 0.168. The molecule has 150 valence electrons. The molecule has 8 nitrogen and oxygen atoms in total. The molecule has 0 fully saturated rings. The quantitative estimate of drug-likeness (QED) is 0.339. The Balaban J connectivity index is 3.89. The van der Waals surface area contributed by atoms with E-state index in [1.165, 1.54) is 14.2 Å². The van der Waals surface area contributed by atoms with Gasteiger partial charge in [-0.1, -0.05) is 18.2 Å². The van der Waals surface area contributed by atoms with Crippen LogP contribution >= 0.6 is 7.57 Å². The third-order valence-corrected chi connectivity index (χ3v) is 5.89. The van der Waals surface area contributed by atoms with E-state index in [0.717, 1.165) is 0 Å². The SMILES string of the molecule is CCOP(OCC)(OCC)=C(C(=O)OC)C(=Nc1ccccc1)C(=O)OC. The summed E-state index contributed by atoms with van der Waals surface area (Å²) in [5.74, 6) is -1.67. The first-order chi connectivity index (χ1) is 13.0. The summed E-state index contributed by atoms with van der Waals surface area (Å²) in [5, 5.41) is -0.216. The Hall–Kier alpha value is -1.99. The number of rotatable bonds is 10. The van der Waals surface area contributed by atoms with Gasteiger partial charge in [0, 0.05) is 0 Å². The van der Waals surface area contributed by atoms with E-state index in [9.17, 15) is 9.59 Å². The summed E-state index contributed by atoms with van der Waals surface area (Å²) in [6, 6.07) is 8.67. The van der Waals surface area contributed by atoms with Gasteiger partial charge in [0.1, 0.15) is 0 Å². The molecule has 0 bridgehead atoms. The maximum atomic E-state index is 12.7. The van der Waals surface area contributed by atoms with Gasteiger partial charge < -0.3 is 23.0 Å². The number of hydrogen-bond donors (Lipinski definition) is 0. The minimum atomic E-state index is -3.43. The highest BCUT2D eigenvalue weighted by Gasteiger charge is 2.39. The average molecular weight is 399 g/mol. The number of nitrogens with zero attached hydrogens (tertiary/aromatic N) is 1. The van der Waals surface area contributed by atoms with Crippen molar-refractivity contribution < 1.29 is 32.6 Å². The third kappa shape index (κ3) is 6.01. The first-order valence-corrected chi connectivity index (χ1v) is 10.0. The lowest BCUT2D eigenvalue weighted by molar-refractivity contribution is -0.134.